The molecule has 0 bridgehead atoms. The van der Waals surface area contributed by atoms with Crippen molar-refractivity contribution in [3.8, 4) is 0 Å². The van der Waals surface area contributed by atoms with Gasteiger partial charge in [-0.15, -0.1) is 0 Å². The smallest absolute Gasteiger partial charge is 0.325 e. The predicted octanol–water partition coefficient (Wildman–Crippen LogP) is 2.22. The summed E-state index contributed by atoms with van der Waals surface area (Å²) >= 11 is 5.70. The van der Waals surface area contributed by atoms with Crippen LogP contribution < -0.4 is 0 Å². The number of halogens is 1. The molecule has 0 aromatic carbocycles. The molecule has 1 rings (SSSR count). The van der Waals surface area contributed by atoms with E-state index in [1.165, 1.54) is 18.2 Å². The van der Waals surface area contributed by atoms with Crippen molar-refractivity contribution >= 4 is 35.1 Å². The maximum atomic E-state index is 12.6. The maximum absolute atomic E-state index is 12.6. The Morgan fingerprint density at radius 1 is 1.17 bits per heavy atom. The van der Waals surface area contributed by atoms with Crippen LogP contribution in [0, 0.1) is 5.41 Å². The van der Waals surface area contributed by atoms with Crippen LogP contribution in [0.1, 0.15) is 43.1 Å². The number of nitrogens with zero attached hydrogens (tertiary/aromatic N) is 1. The summed E-state index contributed by atoms with van der Waals surface area (Å²) in [4.78, 5) is 50.5. The highest BCUT2D eigenvalue weighted by Gasteiger charge is 2.50. The molecule has 0 saturated heterocycles. The first-order valence-electron chi connectivity index (χ1n) is 6.85. The number of carboxylic acids is 2. The van der Waals surface area contributed by atoms with Gasteiger partial charge in [-0.05, 0) is 31.9 Å². The minimum atomic E-state index is -2.28. The Bertz CT molecular complexity index is 629. The maximum Gasteiger partial charge on any atom is 0.325 e. The normalized spacial score (nSPS) is 13.1. The number of Topliss-reactive ketones (excluding diaryl/α,β-unsaturated/α-hetero) is 2. The molecule has 1 aromatic rings. The lowest BCUT2D eigenvalue weighted by atomic mass is 9.74. The first-order chi connectivity index (χ1) is 10.7. The third kappa shape index (κ3) is 4.35. The van der Waals surface area contributed by atoms with Crippen molar-refractivity contribution in [1.82, 2.24) is 4.98 Å². The van der Waals surface area contributed by atoms with Crippen LogP contribution in [0.3, 0.4) is 0 Å². The second-order valence-electron chi connectivity index (χ2n) is 5.04. The fourth-order valence-electron chi connectivity index (χ4n) is 2.22. The van der Waals surface area contributed by atoms with Crippen LogP contribution in [-0.2, 0) is 14.4 Å². The summed E-state index contributed by atoms with van der Waals surface area (Å²) in [6.45, 7) is 1.02. The summed E-state index contributed by atoms with van der Waals surface area (Å²) in [5.41, 5.74) is -2.50. The van der Waals surface area contributed by atoms with E-state index < -0.39 is 28.9 Å². The van der Waals surface area contributed by atoms with Crippen molar-refractivity contribution < 1.29 is 29.4 Å². The van der Waals surface area contributed by atoms with Crippen molar-refractivity contribution in [3.63, 3.8) is 0 Å². The minimum absolute atomic E-state index is 0.00423. The Morgan fingerprint density at radius 3 is 2.30 bits per heavy atom. The number of unbranched alkanes of at least 4 members (excludes halogenated alkanes) is 1. The number of pyridine rings is 1. The van der Waals surface area contributed by atoms with E-state index in [1.54, 1.807) is 0 Å². The molecule has 1 heterocycles. The van der Waals surface area contributed by atoms with Gasteiger partial charge in [0.05, 0.1) is 0 Å². The summed E-state index contributed by atoms with van der Waals surface area (Å²) in [6, 6.07) is 4.13. The number of carboxylic acid groups (broad SMARTS) is 2. The number of rotatable bonds is 9. The molecule has 0 amide bonds. The Balaban J connectivity index is 3.13. The van der Waals surface area contributed by atoms with Gasteiger partial charge in [0.25, 0.3) is 0 Å². The number of hydrogen-bond acceptors (Lipinski definition) is 5. The monoisotopic (exact) mass is 341 g/mol. The van der Waals surface area contributed by atoms with Gasteiger partial charge >= 0.3 is 11.9 Å². The summed E-state index contributed by atoms with van der Waals surface area (Å²) in [5.74, 6) is -4.38. The lowest BCUT2D eigenvalue weighted by Gasteiger charge is -2.24. The number of aliphatic carboxylic acids is 2. The molecule has 0 spiro atoms. The number of carbonyl (C=O) groups excluding carboxylic acids is 2. The summed E-state index contributed by atoms with van der Waals surface area (Å²) in [7, 11) is 0. The number of aromatic nitrogens is 1. The van der Waals surface area contributed by atoms with Crippen molar-refractivity contribution in [2.75, 3.05) is 0 Å². The zero-order chi connectivity index (χ0) is 17.6. The molecule has 7 nitrogen and oxygen atoms in total. The summed E-state index contributed by atoms with van der Waals surface area (Å²) < 4.78 is 0. The van der Waals surface area contributed by atoms with E-state index in [-0.39, 0.29) is 36.5 Å². The van der Waals surface area contributed by atoms with Gasteiger partial charge in [-0.1, -0.05) is 24.1 Å². The summed E-state index contributed by atoms with van der Waals surface area (Å²) in [6.07, 6.45) is -0.201. The van der Waals surface area contributed by atoms with Crippen LogP contribution in [0.2, 0.25) is 5.15 Å². The van der Waals surface area contributed by atoms with E-state index in [9.17, 15) is 24.3 Å². The summed E-state index contributed by atoms with van der Waals surface area (Å²) in [5, 5.41) is 18.1. The predicted molar refractivity (Wildman–Crippen MR) is 80.4 cm³/mol. The lowest BCUT2D eigenvalue weighted by molar-refractivity contribution is -0.151. The van der Waals surface area contributed by atoms with Crippen LogP contribution in [0.4, 0.5) is 0 Å². The van der Waals surface area contributed by atoms with Gasteiger partial charge in [0, 0.05) is 6.42 Å². The van der Waals surface area contributed by atoms with Crippen molar-refractivity contribution in [1.29, 1.82) is 0 Å². The SMILES string of the molecule is CC(=O)C(CCCCC(=O)O)(C(=O)O)C(=O)c1cccc(Cl)n1. The first-order valence-corrected chi connectivity index (χ1v) is 7.23. The van der Waals surface area contributed by atoms with E-state index in [1.807, 2.05) is 0 Å². The topological polar surface area (TPSA) is 122 Å². The Hall–Kier alpha value is -2.28. The Morgan fingerprint density at radius 2 is 1.83 bits per heavy atom. The Labute approximate surface area is 137 Å². The largest absolute Gasteiger partial charge is 0.481 e. The molecule has 2 N–H and O–H groups in total. The van der Waals surface area contributed by atoms with E-state index in [0.717, 1.165) is 6.92 Å². The van der Waals surface area contributed by atoms with Crippen LogP contribution in [0.15, 0.2) is 18.2 Å². The zero-order valence-corrected chi connectivity index (χ0v) is 13.2. The second kappa shape index (κ2) is 7.82. The second-order valence-corrected chi connectivity index (χ2v) is 5.43. The van der Waals surface area contributed by atoms with E-state index in [2.05, 4.69) is 4.98 Å². The van der Waals surface area contributed by atoms with Crippen molar-refractivity contribution in [3.05, 3.63) is 29.0 Å². The molecule has 0 saturated carbocycles. The van der Waals surface area contributed by atoms with Crippen LogP contribution in [0.5, 0.6) is 0 Å². The zero-order valence-electron chi connectivity index (χ0n) is 12.4. The Kier molecular flexibility index (Phi) is 6.38. The number of hydrogen-bond donors (Lipinski definition) is 2. The third-order valence-electron chi connectivity index (χ3n) is 3.49. The van der Waals surface area contributed by atoms with Crippen molar-refractivity contribution in [2.45, 2.75) is 32.6 Å². The molecule has 0 aliphatic carbocycles. The van der Waals surface area contributed by atoms with Crippen LogP contribution in [-0.4, -0.2) is 38.7 Å². The highest BCUT2D eigenvalue weighted by atomic mass is 35.5. The quantitative estimate of drug-likeness (QED) is 0.305. The van der Waals surface area contributed by atoms with Crippen LogP contribution >= 0.6 is 11.6 Å². The highest BCUT2D eigenvalue weighted by Crippen LogP contribution is 2.31. The van der Waals surface area contributed by atoms with Crippen molar-refractivity contribution in [2.24, 2.45) is 5.41 Å². The molecule has 8 heteroatoms. The van der Waals surface area contributed by atoms with Gasteiger partial charge in [0.2, 0.25) is 5.78 Å². The molecule has 0 aliphatic rings. The van der Waals surface area contributed by atoms with Crippen LogP contribution in [0.25, 0.3) is 0 Å². The standard InChI is InChI=1S/C15H16ClNO6/c1-9(18)15(14(22)23,8-3-2-7-12(19)20)13(21)10-5-4-6-11(16)17-10/h4-6H,2-3,7-8H2,1H3,(H,19,20)(H,22,23). The van der Waals surface area contributed by atoms with Gasteiger partial charge in [-0.2, -0.15) is 0 Å². The fraction of sp³-hybridized carbons (Fsp3) is 0.400. The number of carbonyl (C=O) groups is 4. The van der Waals surface area contributed by atoms with Gasteiger partial charge in [-0.3, -0.25) is 19.2 Å². The molecule has 124 valence electrons. The average molecular weight is 342 g/mol. The molecular weight excluding hydrogens is 326 g/mol. The molecule has 0 radical (unpaired) electrons. The van der Waals surface area contributed by atoms with Gasteiger partial charge in [0.15, 0.2) is 11.2 Å². The molecule has 1 unspecified atom stereocenters. The van der Waals surface area contributed by atoms with E-state index in [4.69, 9.17) is 16.7 Å². The lowest BCUT2D eigenvalue weighted by Crippen LogP contribution is -2.45. The highest BCUT2D eigenvalue weighted by molar-refractivity contribution is 6.30. The van der Waals surface area contributed by atoms with E-state index >= 15 is 0 Å². The average Bonchev–Trinajstić information content (AvgIpc) is 2.45. The number of ketones is 2. The minimum Gasteiger partial charge on any atom is -0.481 e. The van der Waals surface area contributed by atoms with E-state index in [0.29, 0.717) is 0 Å². The molecular formula is C15H16ClNO6. The van der Waals surface area contributed by atoms with Gasteiger partial charge < -0.3 is 10.2 Å². The van der Waals surface area contributed by atoms with Gasteiger partial charge in [0.1, 0.15) is 10.8 Å². The third-order valence-corrected chi connectivity index (χ3v) is 3.70. The fourth-order valence-corrected chi connectivity index (χ4v) is 2.39. The molecule has 1 atom stereocenters. The molecule has 0 aliphatic heterocycles. The molecule has 0 fully saturated rings. The van der Waals surface area contributed by atoms with Gasteiger partial charge in [-0.25, -0.2) is 4.98 Å². The molecule has 23 heavy (non-hydrogen) atoms. The molecule has 1 aromatic heterocycles. The first kappa shape index (κ1) is 18.8.